The van der Waals surface area contributed by atoms with Crippen molar-refractivity contribution in [1.82, 2.24) is 0 Å². The molecule has 0 aliphatic heterocycles. The highest BCUT2D eigenvalue weighted by Crippen LogP contribution is 2.11. The van der Waals surface area contributed by atoms with Crippen molar-refractivity contribution in [3.05, 3.63) is 22.4 Å². The summed E-state index contributed by atoms with van der Waals surface area (Å²) in [5.74, 6) is 0. The van der Waals surface area contributed by atoms with E-state index in [9.17, 15) is 0 Å². The highest BCUT2D eigenvalue weighted by atomic mass is 32.1. The Bertz CT molecular complexity index is 235. The summed E-state index contributed by atoms with van der Waals surface area (Å²) in [7, 11) is 1.75. The average molecular weight is 213 g/mol. The topological polar surface area (TPSA) is 35.2 Å². The normalized spacial score (nSPS) is 15.4. The largest absolute Gasteiger partial charge is 0.382 e. The van der Waals surface area contributed by atoms with E-state index < -0.39 is 0 Å². The Labute approximate surface area is 90.1 Å². The molecule has 0 aliphatic rings. The first kappa shape index (κ1) is 11.7. The summed E-state index contributed by atoms with van der Waals surface area (Å²) in [6.45, 7) is 2.08. The number of rotatable bonds is 6. The molecule has 1 aromatic rings. The van der Waals surface area contributed by atoms with Crippen LogP contribution in [0.1, 0.15) is 25.3 Å². The van der Waals surface area contributed by atoms with Crippen LogP contribution in [0.5, 0.6) is 0 Å². The smallest absolute Gasteiger partial charge is 0.0543 e. The van der Waals surface area contributed by atoms with Crippen LogP contribution in [0.25, 0.3) is 0 Å². The van der Waals surface area contributed by atoms with Crippen LogP contribution in [0.3, 0.4) is 0 Å². The first-order valence-electron chi connectivity index (χ1n) is 5.02. The molecule has 1 aromatic heterocycles. The van der Waals surface area contributed by atoms with Gasteiger partial charge in [0, 0.05) is 13.2 Å². The highest BCUT2D eigenvalue weighted by molar-refractivity contribution is 7.07. The standard InChI is InChI=1S/C11H19NOS/c1-9(13-2)3-4-11(12)7-10-5-6-14-8-10/h5-6,8-9,11H,3-4,7,12H2,1-2H3. The molecule has 1 heterocycles. The molecule has 0 spiro atoms. The fourth-order valence-corrected chi connectivity index (χ4v) is 2.06. The van der Waals surface area contributed by atoms with E-state index in [0.717, 1.165) is 19.3 Å². The van der Waals surface area contributed by atoms with Crippen molar-refractivity contribution in [2.45, 2.75) is 38.3 Å². The van der Waals surface area contributed by atoms with Crippen molar-refractivity contribution in [3.8, 4) is 0 Å². The fourth-order valence-electron chi connectivity index (χ4n) is 1.38. The van der Waals surface area contributed by atoms with Gasteiger partial charge in [0.05, 0.1) is 6.10 Å². The predicted octanol–water partition coefficient (Wildman–Crippen LogP) is 2.43. The predicted molar refractivity (Wildman–Crippen MR) is 61.7 cm³/mol. The SMILES string of the molecule is COC(C)CCC(N)Cc1ccsc1. The minimum absolute atomic E-state index is 0.266. The van der Waals surface area contributed by atoms with Gasteiger partial charge in [-0.1, -0.05) is 0 Å². The summed E-state index contributed by atoms with van der Waals surface area (Å²) in [5, 5.41) is 4.26. The van der Waals surface area contributed by atoms with Crippen molar-refractivity contribution in [2.24, 2.45) is 5.73 Å². The third-order valence-corrected chi connectivity index (χ3v) is 3.16. The van der Waals surface area contributed by atoms with E-state index >= 15 is 0 Å². The van der Waals surface area contributed by atoms with Crippen LogP contribution in [0.4, 0.5) is 0 Å². The summed E-state index contributed by atoms with van der Waals surface area (Å²) in [5.41, 5.74) is 7.37. The van der Waals surface area contributed by atoms with Gasteiger partial charge in [-0.25, -0.2) is 0 Å². The van der Waals surface area contributed by atoms with E-state index in [1.54, 1.807) is 18.4 Å². The maximum absolute atomic E-state index is 6.02. The van der Waals surface area contributed by atoms with E-state index in [0.29, 0.717) is 6.10 Å². The second kappa shape index (κ2) is 6.17. The molecule has 0 fully saturated rings. The van der Waals surface area contributed by atoms with Crippen LogP contribution in [-0.4, -0.2) is 19.3 Å². The van der Waals surface area contributed by atoms with Gasteiger partial charge in [-0.3, -0.25) is 0 Å². The first-order valence-corrected chi connectivity index (χ1v) is 5.96. The van der Waals surface area contributed by atoms with Gasteiger partial charge in [0.25, 0.3) is 0 Å². The molecule has 0 aromatic carbocycles. The Kier molecular flexibility index (Phi) is 5.15. The zero-order chi connectivity index (χ0) is 10.4. The Hall–Kier alpha value is -0.380. The Morgan fingerprint density at radius 3 is 2.86 bits per heavy atom. The van der Waals surface area contributed by atoms with Crippen molar-refractivity contribution >= 4 is 11.3 Å². The van der Waals surface area contributed by atoms with Gasteiger partial charge >= 0.3 is 0 Å². The van der Waals surface area contributed by atoms with Gasteiger partial charge in [0.2, 0.25) is 0 Å². The molecular formula is C11H19NOS. The summed E-state index contributed by atoms with van der Waals surface area (Å²) in [6.07, 6.45) is 3.38. The van der Waals surface area contributed by atoms with Crippen molar-refractivity contribution < 1.29 is 4.74 Å². The van der Waals surface area contributed by atoms with Crippen LogP contribution in [0.2, 0.25) is 0 Å². The summed E-state index contributed by atoms with van der Waals surface area (Å²) < 4.78 is 5.18. The van der Waals surface area contributed by atoms with Gasteiger partial charge in [0.1, 0.15) is 0 Å². The maximum Gasteiger partial charge on any atom is 0.0543 e. The van der Waals surface area contributed by atoms with Gasteiger partial charge < -0.3 is 10.5 Å². The third-order valence-electron chi connectivity index (χ3n) is 2.42. The highest BCUT2D eigenvalue weighted by Gasteiger charge is 2.07. The molecule has 2 nitrogen and oxygen atoms in total. The number of hydrogen-bond acceptors (Lipinski definition) is 3. The van der Waals surface area contributed by atoms with E-state index in [4.69, 9.17) is 10.5 Å². The average Bonchev–Trinajstić information content (AvgIpc) is 2.66. The molecule has 2 unspecified atom stereocenters. The third kappa shape index (κ3) is 4.22. The monoisotopic (exact) mass is 213 g/mol. The molecule has 14 heavy (non-hydrogen) atoms. The number of methoxy groups -OCH3 is 1. The van der Waals surface area contributed by atoms with E-state index in [2.05, 4.69) is 23.8 Å². The van der Waals surface area contributed by atoms with E-state index in [1.165, 1.54) is 5.56 Å². The molecule has 0 aliphatic carbocycles. The van der Waals surface area contributed by atoms with Crippen LogP contribution in [-0.2, 0) is 11.2 Å². The minimum atomic E-state index is 0.266. The molecular weight excluding hydrogens is 194 g/mol. The summed E-state index contributed by atoms with van der Waals surface area (Å²) in [6, 6.07) is 2.41. The molecule has 0 amide bonds. The van der Waals surface area contributed by atoms with Crippen LogP contribution >= 0.6 is 11.3 Å². The summed E-state index contributed by atoms with van der Waals surface area (Å²) >= 11 is 1.73. The molecule has 2 N–H and O–H groups in total. The lowest BCUT2D eigenvalue weighted by molar-refractivity contribution is 0.107. The van der Waals surface area contributed by atoms with Gasteiger partial charge in [-0.15, -0.1) is 0 Å². The second-order valence-electron chi connectivity index (χ2n) is 3.72. The second-order valence-corrected chi connectivity index (χ2v) is 4.50. The van der Waals surface area contributed by atoms with Gasteiger partial charge in [-0.05, 0) is 48.6 Å². The Morgan fingerprint density at radius 1 is 1.50 bits per heavy atom. The van der Waals surface area contributed by atoms with E-state index in [-0.39, 0.29) is 6.04 Å². The zero-order valence-corrected chi connectivity index (χ0v) is 9.72. The molecule has 2 atom stereocenters. The molecule has 80 valence electrons. The first-order chi connectivity index (χ1) is 6.72. The van der Waals surface area contributed by atoms with Crippen LogP contribution in [0, 0.1) is 0 Å². The lowest BCUT2D eigenvalue weighted by atomic mass is 10.0. The lowest BCUT2D eigenvalue weighted by Crippen LogP contribution is -2.24. The lowest BCUT2D eigenvalue weighted by Gasteiger charge is -2.13. The minimum Gasteiger partial charge on any atom is -0.382 e. The van der Waals surface area contributed by atoms with Crippen molar-refractivity contribution in [1.29, 1.82) is 0 Å². The quantitative estimate of drug-likeness (QED) is 0.787. The zero-order valence-electron chi connectivity index (χ0n) is 8.90. The molecule has 1 rings (SSSR count). The number of thiophene rings is 1. The maximum atomic E-state index is 6.02. The Morgan fingerprint density at radius 2 is 2.29 bits per heavy atom. The van der Waals surface area contributed by atoms with Crippen molar-refractivity contribution in [2.75, 3.05) is 7.11 Å². The van der Waals surface area contributed by atoms with Crippen LogP contribution in [0.15, 0.2) is 16.8 Å². The van der Waals surface area contributed by atoms with Crippen molar-refractivity contribution in [3.63, 3.8) is 0 Å². The number of ether oxygens (including phenoxy) is 1. The van der Waals surface area contributed by atoms with Gasteiger partial charge in [0.15, 0.2) is 0 Å². The molecule has 0 radical (unpaired) electrons. The molecule has 0 bridgehead atoms. The fraction of sp³-hybridized carbons (Fsp3) is 0.636. The molecule has 3 heteroatoms. The Balaban J connectivity index is 2.19. The van der Waals surface area contributed by atoms with E-state index in [1.807, 2.05) is 0 Å². The van der Waals surface area contributed by atoms with Crippen LogP contribution < -0.4 is 5.73 Å². The molecule has 0 saturated carbocycles. The number of hydrogen-bond donors (Lipinski definition) is 1. The van der Waals surface area contributed by atoms with Gasteiger partial charge in [-0.2, -0.15) is 11.3 Å². The summed E-state index contributed by atoms with van der Waals surface area (Å²) in [4.78, 5) is 0. The molecule has 0 saturated heterocycles. The number of nitrogens with two attached hydrogens (primary N) is 1.